The Bertz CT molecular complexity index is 678. The number of fused-ring (bicyclic) bond motifs is 1. The fourth-order valence-corrected chi connectivity index (χ4v) is 3.70. The summed E-state index contributed by atoms with van der Waals surface area (Å²) in [5.74, 6) is 1.54. The molecule has 0 unspecified atom stereocenters. The van der Waals surface area contributed by atoms with Crippen molar-refractivity contribution in [3.63, 3.8) is 0 Å². The van der Waals surface area contributed by atoms with Gasteiger partial charge < -0.3 is 10.5 Å². The minimum atomic E-state index is -0.109. The third-order valence-corrected chi connectivity index (χ3v) is 4.82. The lowest BCUT2D eigenvalue weighted by Crippen LogP contribution is -2.23. The average molecular weight is 401 g/mol. The van der Waals surface area contributed by atoms with Crippen molar-refractivity contribution in [3.05, 3.63) is 15.9 Å². The molecule has 0 atom stereocenters. The van der Waals surface area contributed by atoms with E-state index in [9.17, 15) is 4.79 Å². The number of esters is 1. The number of ether oxygens (including phenoxy) is 1. The molecular weight excluding hydrogens is 385 g/mol. The quantitative estimate of drug-likeness (QED) is 0.609. The summed E-state index contributed by atoms with van der Waals surface area (Å²) in [6, 6.07) is 0. The average Bonchev–Trinajstić information content (AvgIpc) is 2.85. The van der Waals surface area contributed by atoms with Crippen molar-refractivity contribution >= 4 is 39.9 Å². The number of methoxy groups -OCH3 is 1. The van der Waals surface area contributed by atoms with Crippen LogP contribution in [-0.2, 0) is 9.53 Å². The van der Waals surface area contributed by atoms with E-state index in [1.54, 1.807) is 4.52 Å². The van der Waals surface area contributed by atoms with Gasteiger partial charge in [-0.3, -0.25) is 4.79 Å². The first-order chi connectivity index (χ1) is 10.1. The van der Waals surface area contributed by atoms with Crippen molar-refractivity contribution in [3.8, 4) is 0 Å². The van der Waals surface area contributed by atoms with Gasteiger partial charge in [0.1, 0.15) is 21.4 Å². The van der Waals surface area contributed by atoms with Crippen LogP contribution in [0.25, 0.3) is 5.52 Å². The summed E-state index contributed by atoms with van der Waals surface area (Å²) in [6.07, 6.45) is 4.90. The molecule has 2 heterocycles. The zero-order valence-corrected chi connectivity index (χ0v) is 13.8. The molecule has 7 nitrogen and oxygen atoms in total. The van der Waals surface area contributed by atoms with Gasteiger partial charge in [-0.1, -0.05) is 0 Å². The fraction of sp³-hybridized carbons (Fsp3) is 0.538. The third kappa shape index (κ3) is 2.56. The Morgan fingerprint density at radius 1 is 1.43 bits per heavy atom. The largest absolute Gasteiger partial charge is 0.469 e. The lowest BCUT2D eigenvalue weighted by Gasteiger charge is -2.25. The number of rotatable bonds is 2. The Kier molecular flexibility index (Phi) is 3.96. The molecule has 112 valence electrons. The number of nitrogens with two attached hydrogens (primary N) is 1. The normalized spacial score (nSPS) is 22.4. The topological polar surface area (TPSA) is 95.4 Å². The van der Waals surface area contributed by atoms with E-state index in [4.69, 9.17) is 10.5 Å². The molecule has 8 heteroatoms. The lowest BCUT2D eigenvalue weighted by atomic mass is 9.81. The molecule has 21 heavy (non-hydrogen) atoms. The van der Waals surface area contributed by atoms with Crippen molar-refractivity contribution in [1.82, 2.24) is 19.6 Å². The Hall–Kier alpha value is -1.45. The number of carbonyl (C=O) groups excluding carboxylic acids is 1. The summed E-state index contributed by atoms with van der Waals surface area (Å²) in [5, 5.41) is 4.27. The minimum Gasteiger partial charge on any atom is -0.469 e. The van der Waals surface area contributed by atoms with Crippen LogP contribution in [0.15, 0.2) is 6.33 Å². The van der Waals surface area contributed by atoms with Crippen LogP contribution >= 0.6 is 22.6 Å². The predicted molar refractivity (Wildman–Crippen MR) is 84.6 cm³/mol. The van der Waals surface area contributed by atoms with Crippen LogP contribution in [0.1, 0.15) is 37.4 Å². The first-order valence-corrected chi connectivity index (χ1v) is 7.92. The zero-order valence-electron chi connectivity index (χ0n) is 11.6. The molecule has 0 saturated heterocycles. The molecule has 0 radical (unpaired) electrons. The summed E-state index contributed by atoms with van der Waals surface area (Å²) in [6.45, 7) is 0. The van der Waals surface area contributed by atoms with E-state index in [2.05, 4.69) is 37.7 Å². The Balaban J connectivity index is 1.86. The van der Waals surface area contributed by atoms with Crippen molar-refractivity contribution in [2.24, 2.45) is 5.92 Å². The molecule has 2 aromatic rings. The molecule has 1 saturated carbocycles. The number of anilines is 1. The van der Waals surface area contributed by atoms with Gasteiger partial charge in [0, 0.05) is 5.92 Å². The van der Waals surface area contributed by atoms with Crippen LogP contribution in [-0.4, -0.2) is 32.7 Å². The first kappa shape index (κ1) is 14.5. The molecule has 0 bridgehead atoms. The number of hydrogen-bond acceptors (Lipinski definition) is 6. The van der Waals surface area contributed by atoms with E-state index in [0.717, 1.165) is 40.7 Å². The molecule has 0 spiro atoms. The van der Waals surface area contributed by atoms with Crippen LogP contribution in [0, 0.1) is 9.62 Å². The first-order valence-electron chi connectivity index (χ1n) is 6.84. The molecule has 0 aromatic carbocycles. The monoisotopic (exact) mass is 401 g/mol. The van der Waals surface area contributed by atoms with E-state index in [-0.39, 0.29) is 17.8 Å². The van der Waals surface area contributed by atoms with E-state index in [1.165, 1.54) is 13.4 Å². The van der Waals surface area contributed by atoms with E-state index >= 15 is 0 Å². The van der Waals surface area contributed by atoms with Gasteiger partial charge in [-0.15, -0.1) is 0 Å². The molecule has 1 aliphatic rings. The second-order valence-electron chi connectivity index (χ2n) is 5.24. The van der Waals surface area contributed by atoms with E-state index < -0.39 is 0 Å². The number of nitrogens with zero attached hydrogens (tertiary/aromatic N) is 4. The third-order valence-electron chi connectivity index (χ3n) is 4.07. The number of carbonyl (C=O) groups is 1. The molecule has 1 aliphatic carbocycles. The Labute approximate surface area is 135 Å². The van der Waals surface area contributed by atoms with Crippen LogP contribution < -0.4 is 5.73 Å². The SMILES string of the molecule is COC(=O)[C@H]1CC[C@H](c2nc(I)c3c(N)ncnn32)CC1. The van der Waals surface area contributed by atoms with Gasteiger partial charge in [0.2, 0.25) is 0 Å². The maximum absolute atomic E-state index is 11.6. The van der Waals surface area contributed by atoms with Crippen LogP contribution in [0.3, 0.4) is 0 Å². The highest BCUT2D eigenvalue weighted by molar-refractivity contribution is 14.1. The zero-order chi connectivity index (χ0) is 15.0. The second-order valence-corrected chi connectivity index (χ2v) is 6.26. The molecule has 1 fully saturated rings. The van der Waals surface area contributed by atoms with Gasteiger partial charge in [0.25, 0.3) is 0 Å². The number of hydrogen-bond donors (Lipinski definition) is 1. The Morgan fingerprint density at radius 2 is 2.14 bits per heavy atom. The molecular formula is C13H16IN5O2. The molecule has 2 aromatic heterocycles. The fourth-order valence-electron chi connectivity index (χ4n) is 2.95. The standard InChI is InChI=1S/C13H16IN5O2/c1-21-13(20)8-4-2-7(3-5-8)12-18-10(14)9-11(15)16-6-17-19(9)12/h6-8H,2-5H2,1H3,(H2,15,16,17)/t7-,8-. The number of aromatic nitrogens is 4. The van der Waals surface area contributed by atoms with Gasteiger partial charge in [-0.05, 0) is 48.3 Å². The molecule has 2 N–H and O–H groups in total. The number of imidazole rings is 1. The lowest BCUT2D eigenvalue weighted by molar-refractivity contribution is -0.146. The summed E-state index contributed by atoms with van der Waals surface area (Å²) in [5.41, 5.74) is 6.67. The second kappa shape index (κ2) is 5.74. The summed E-state index contributed by atoms with van der Waals surface area (Å²) < 4.78 is 7.42. The number of halogens is 1. The minimum absolute atomic E-state index is 0.0104. The maximum Gasteiger partial charge on any atom is 0.308 e. The molecule has 0 amide bonds. The Morgan fingerprint density at radius 3 is 2.81 bits per heavy atom. The highest BCUT2D eigenvalue weighted by Gasteiger charge is 2.30. The van der Waals surface area contributed by atoms with Gasteiger partial charge in [0.05, 0.1) is 13.0 Å². The highest BCUT2D eigenvalue weighted by Crippen LogP contribution is 2.36. The van der Waals surface area contributed by atoms with E-state index in [0.29, 0.717) is 5.82 Å². The smallest absolute Gasteiger partial charge is 0.308 e. The van der Waals surface area contributed by atoms with Gasteiger partial charge in [-0.2, -0.15) is 5.10 Å². The number of nitrogen functional groups attached to an aromatic ring is 1. The molecule has 0 aliphatic heterocycles. The van der Waals surface area contributed by atoms with Crippen molar-refractivity contribution in [1.29, 1.82) is 0 Å². The van der Waals surface area contributed by atoms with Crippen LogP contribution in [0.2, 0.25) is 0 Å². The summed E-state index contributed by atoms with van der Waals surface area (Å²) in [7, 11) is 1.44. The predicted octanol–water partition coefficient (Wildman–Crippen LogP) is 1.76. The van der Waals surface area contributed by atoms with Gasteiger partial charge >= 0.3 is 5.97 Å². The van der Waals surface area contributed by atoms with Crippen LogP contribution in [0.4, 0.5) is 5.82 Å². The maximum atomic E-state index is 11.6. The summed E-state index contributed by atoms with van der Waals surface area (Å²) >= 11 is 2.16. The van der Waals surface area contributed by atoms with Crippen molar-refractivity contribution in [2.45, 2.75) is 31.6 Å². The summed E-state index contributed by atoms with van der Waals surface area (Å²) in [4.78, 5) is 20.2. The van der Waals surface area contributed by atoms with Crippen LogP contribution in [0.5, 0.6) is 0 Å². The van der Waals surface area contributed by atoms with Gasteiger partial charge in [-0.25, -0.2) is 14.5 Å². The highest BCUT2D eigenvalue weighted by atomic mass is 127. The van der Waals surface area contributed by atoms with Gasteiger partial charge in [0.15, 0.2) is 5.82 Å². The van der Waals surface area contributed by atoms with E-state index in [1.807, 2.05) is 0 Å². The van der Waals surface area contributed by atoms with Crippen molar-refractivity contribution in [2.75, 3.05) is 12.8 Å². The molecule has 3 rings (SSSR count). The van der Waals surface area contributed by atoms with Crippen molar-refractivity contribution < 1.29 is 9.53 Å².